The van der Waals surface area contributed by atoms with Crippen LogP contribution in [0.5, 0.6) is 0 Å². The molecular formula is C18H17F2NO4. The summed E-state index contributed by atoms with van der Waals surface area (Å²) in [5.74, 6) is -4.77. The number of hydrogen-bond donors (Lipinski definition) is 1. The molecule has 1 aliphatic heterocycles. The van der Waals surface area contributed by atoms with Crippen LogP contribution in [0.3, 0.4) is 0 Å². The Labute approximate surface area is 142 Å². The number of imide groups is 1. The van der Waals surface area contributed by atoms with E-state index in [0.717, 1.165) is 6.07 Å². The molecule has 2 amide bonds. The lowest BCUT2D eigenvalue weighted by atomic mass is 9.76. The van der Waals surface area contributed by atoms with Gasteiger partial charge in [-0.05, 0) is 37.8 Å². The fourth-order valence-corrected chi connectivity index (χ4v) is 3.57. The van der Waals surface area contributed by atoms with E-state index in [1.54, 1.807) is 0 Å². The van der Waals surface area contributed by atoms with Gasteiger partial charge >= 0.3 is 0 Å². The first-order valence-electron chi connectivity index (χ1n) is 8.19. The third kappa shape index (κ3) is 3.10. The van der Waals surface area contributed by atoms with Gasteiger partial charge in [0.1, 0.15) is 0 Å². The Morgan fingerprint density at radius 3 is 2.48 bits per heavy atom. The first kappa shape index (κ1) is 17.4. The van der Waals surface area contributed by atoms with E-state index in [4.69, 9.17) is 0 Å². The Balaban J connectivity index is 1.78. The van der Waals surface area contributed by atoms with Crippen molar-refractivity contribution >= 4 is 23.4 Å². The quantitative estimate of drug-likeness (QED) is 0.850. The lowest BCUT2D eigenvalue weighted by Crippen LogP contribution is -2.41. The van der Waals surface area contributed by atoms with Gasteiger partial charge in [-0.1, -0.05) is 0 Å². The van der Waals surface area contributed by atoms with Crippen LogP contribution in [0, 0.1) is 30.4 Å². The second kappa shape index (κ2) is 6.46. The lowest BCUT2D eigenvalue weighted by molar-refractivity contribution is -0.136. The molecule has 1 N–H and O–H groups in total. The number of hydrogen-bond acceptors (Lipinski definition) is 4. The van der Waals surface area contributed by atoms with Crippen LogP contribution in [0.25, 0.3) is 0 Å². The third-order valence-corrected chi connectivity index (χ3v) is 5.02. The summed E-state index contributed by atoms with van der Waals surface area (Å²) in [5.41, 5.74) is -0.277. The summed E-state index contributed by atoms with van der Waals surface area (Å²) < 4.78 is 27.3. The fourth-order valence-electron chi connectivity index (χ4n) is 3.57. The number of Topliss-reactive ketones (excluding diaryl/α,β-unsaturated/α-hetero) is 2. The normalized spacial score (nSPS) is 23.5. The van der Waals surface area contributed by atoms with Gasteiger partial charge in [0.2, 0.25) is 11.8 Å². The molecule has 1 aromatic rings. The third-order valence-electron chi connectivity index (χ3n) is 5.02. The Morgan fingerprint density at radius 2 is 1.80 bits per heavy atom. The van der Waals surface area contributed by atoms with Crippen LogP contribution in [-0.4, -0.2) is 23.4 Å². The van der Waals surface area contributed by atoms with Crippen molar-refractivity contribution in [3.63, 3.8) is 0 Å². The van der Waals surface area contributed by atoms with E-state index in [2.05, 4.69) is 5.32 Å². The molecule has 132 valence electrons. The molecule has 25 heavy (non-hydrogen) atoms. The highest BCUT2D eigenvalue weighted by Gasteiger charge is 2.36. The zero-order valence-corrected chi connectivity index (χ0v) is 13.7. The van der Waals surface area contributed by atoms with E-state index in [1.165, 1.54) is 6.92 Å². The van der Waals surface area contributed by atoms with E-state index in [1.807, 2.05) is 0 Å². The van der Waals surface area contributed by atoms with Crippen molar-refractivity contribution in [1.82, 2.24) is 5.32 Å². The highest BCUT2D eigenvalue weighted by molar-refractivity contribution is 6.15. The van der Waals surface area contributed by atoms with Crippen molar-refractivity contribution in [2.45, 2.75) is 39.0 Å². The van der Waals surface area contributed by atoms with Gasteiger partial charge in [-0.3, -0.25) is 24.5 Å². The number of carbonyl (C=O) groups is 4. The number of nitrogens with one attached hydrogen (secondary N) is 1. The highest BCUT2D eigenvalue weighted by Crippen LogP contribution is 2.34. The predicted octanol–water partition coefficient (Wildman–Crippen LogP) is 2.49. The van der Waals surface area contributed by atoms with Crippen LogP contribution in [0.15, 0.2) is 6.07 Å². The molecule has 0 saturated carbocycles. The van der Waals surface area contributed by atoms with Crippen molar-refractivity contribution < 1.29 is 28.0 Å². The van der Waals surface area contributed by atoms with Crippen LogP contribution in [-0.2, 0) is 9.59 Å². The molecule has 0 bridgehead atoms. The molecule has 2 aliphatic rings. The highest BCUT2D eigenvalue weighted by atomic mass is 19.2. The molecular weight excluding hydrogens is 332 g/mol. The monoisotopic (exact) mass is 349 g/mol. The molecule has 7 heteroatoms. The van der Waals surface area contributed by atoms with Crippen molar-refractivity contribution in [3.05, 3.63) is 34.4 Å². The van der Waals surface area contributed by atoms with Crippen LogP contribution >= 0.6 is 0 Å². The Morgan fingerprint density at radius 1 is 1.12 bits per heavy atom. The summed E-state index contributed by atoms with van der Waals surface area (Å²) in [5, 5.41) is 2.25. The fraction of sp³-hybridized carbons (Fsp3) is 0.444. The maximum absolute atomic E-state index is 13.8. The molecule has 3 rings (SSSR count). The van der Waals surface area contributed by atoms with Crippen LogP contribution in [0.2, 0.25) is 0 Å². The summed E-state index contributed by atoms with van der Waals surface area (Å²) in [7, 11) is 0. The standard InChI is InChI=1S/C18H17F2NO4/c1-8-15-11(7-12(19)16(8)20)13(22)6-10(17(15)24)3-2-9-4-5-14(23)21-18(9)25/h7,9-10H,2-6H2,1H3,(H,21,23,25). The first-order chi connectivity index (χ1) is 11.8. The predicted molar refractivity (Wildman–Crippen MR) is 83.0 cm³/mol. The number of ketones is 2. The molecule has 1 fully saturated rings. The Bertz CT molecular complexity index is 803. The molecule has 5 nitrogen and oxygen atoms in total. The van der Waals surface area contributed by atoms with Gasteiger partial charge in [-0.15, -0.1) is 0 Å². The zero-order chi connectivity index (χ0) is 18.3. The topological polar surface area (TPSA) is 80.3 Å². The summed E-state index contributed by atoms with van der Waals surface area (Å²) in [6, 6.07) is 0.786. The first-order valence-corrected chi connectivity index (χ1v) is 8.19. The molecule has 1 saturated heterocycles. The smallest absolute Gasteiger partial charge is 0.229 e. The van der Waals surface area contributed by atoms with Gasteiger partial charge < -0.3 is 0 Å². The largest absolute Gasteiger partial charge is 0.296 e. The van der Waals surface area contributed by atoms with Crippen LogP contribution in [0.1, 0.15) is 58.4 Å². The van der Waals surface area contributed by atoms with Gasteiger partial charge in [0.05, 0.1) is 0 Å². The van der Waals surface area contributed by atoms with Crippen molar-refractivity contribution in [2.75, 3.05) is 0 Å². The molecule has 0 radical (unpaired) electrons. The molecule has 2 unspecified atom stereocenters. The SMILES string of the molecule is Cc1c(F)c(F)cc2c1C(=O)C(CCC1CCC(=O)NC1=O)CC2=O. The molecule has 1 aromatic carbocycles. The second-order valence-electron chi connectivity index (χ2n) is 6.63. The molecule has 2 atom stereocenters. The Hall–Kier alpha value is -2.44. The molecule has 0 aromatic heterocycles. The minimum atomic E-state index is -1.14. The van der Waals surface area contributed by atoms with Crippen molar-refractivity contribution in [2.24, 2.45) is 11.8 Å². The van der Waals surface area contributed by atoms with Crippen LogP contribution in [0.4, 0.5) is 8.78 Å². The van der Waals surface area contributed by atoms with Crippen molar-refractivity contribution in [3.8, 4) is 0 Å². The number of fused-ring (bicyclic) bond motifs is 1. The van der Waals surface area contributed by atoms with E-state index in [9.17, 15) is 28.0 Å². The summed E-state index contributed by atoms with van der Waals surface area (Å²) >= 11 is 0. The maximum Gasteiger partial charge on any atom is 0.229 e. The van der Waals surface area contributed by atoms with E-state index in [-0.39, 0.29) is 53.7 Å². The van der Waals surface area contributed by atoms with E-state index < -0.39 is 29.1 Å². The average Bonchev–Trinajstić information content (AvgIpc) is 2.55. The number of halogens is 2. The Kier molecular flexibility index (Phi) is 4.49. The molecule has 1 aliphatic carbocycles. The second-order valence-corrected chi connectivity index (χ2v) is 6.63. The number of carbonyl (C=O) groups excluding carboxylic acids is 4. The molecule has 0 spiro atoms. The van der Waals surface area contributed by atoms with Gasteiger partial charge in [0.25, 0.3) is 0 Å². The van der Waals surface area contributed by atoms with Gasteiger partial charge in [-0.25, -0.2) is 8.78 Å². The number of rotatable bonds is 3. The lowest BCUT2D eigenvalue weighted by Gasteiger charge is -2.26. The van der Waals surface area contributed by atoms with Gasteiger partial charge in [-0.2, -0.15) is 0 Å². The number of amides is 2. The van der Waals surface area contributed by atoms with E-state index >= 15 is 0 Å². The summed E-state index contributed by atoms with van der Waals surface area (Å²) in [6.45, 7) is 1.28. The number of benzene rings is 1. The minimum absolute atomic E-state index is 0.0524. The van der Waals surface area contributed by atoms with Crippen LogP contribution < -0.4 is 5.32 Å². The van der Waals surface area contributed by atoms with Crippen molar-refractivity contribution in [1.29, 1.82) is 0 Å². The summed E-state index contributed by atoms with van der Waals surface area (Å²) in [4.78, 5) is 47.8. The van der Waals surface area contributed by atoms with Gasteiger partial charge in [0, 0.05) is 35.8 Å². The average molecular weight is 349 g/mol. The molecule has 1 heterocycles. The van der Waals surface area contributed by atoms with E-state index in [0.29, 0.717) is 12.8 Å². The minimum Gasteiger partial charge on any atom is -0.296 e. The van der Waals surface area contributed by atoms with Gasteiger partial charge in [0.15, 0.2) is 23.2 Å². The zero-order valence-electron chi connectivity index (χ0n) is 13.7. The number of piperidine rings is 1. The maximum atomic E-state index is 13.8. The summed E-state index contributed by atoms with van der Waals surface area (Å²) in [6.07, 6.45) is 1.23.